The number of rotatable bonds is 6. The van der Waals surface area contributed by atoms with Gasteiger partial charge in [0.2, 0.25) is 5.91 Å². The summed E-state index contributed by atoms with van der Waals surface area (Å²) < 4.78 is 15.0. The summed E-state index contributed by atoms with van der Waals surface area (Å²) in [6.45, 7) is 2.75. The third kappa shape index (κ3) is 4.40. The highest BCUT2D eigenvalue weighted by Crippen LogP contribution is 2.29. The van der Waals surface area contributed by atoms with Crippen LogP contribution in [-0.4, -0.2) is 44.2 Å². The van der Waals surface area contributed by atoms with E-state index in [-0.39, 0.29) is 18.4 Å². The molecule has 0 spiro atoms. The zero-order valence-electron chi connectivity index (χ0n) is 18.7. The number of hydrogen-bond acceptors (Lipinski definition) is 6. The number of methoxy groups -OCH3 is 1. The van der Waals surface area contributed by atoms with Crippen molar-refractivity contribution in [3.05, 3.63) is 82.7 Å². The number of ether oxygens (including phenoxy) is 2. The molecule has 10 heteroatoms. The van der Waals surface area contributed by atoms with Gasteiger partial charge < -0.3 is 19.4 Å². The predicted molar refractivity (Wildman–Crippen MR) is 126 cm³/mol. The number of carbonyl (C=O) groups is 1. The van der Waals surface area contributed by atoms with Crippen molar-refractivity contribution in [1.29, 1.82) is 0 Å². The Labute approximate surface area is 201 Å². The molecular formula is C24H23ClN6O3. The molecule has 1 unspecified atom stereocenters. The average Bonchev–Trinajstić information content (AvgIpc) is 3.45. The predicted octanol–water partition coefficient (Wildman–Crippen LogP) is 3.74. The van der Waals surface area contributed by atoms with Crippen molar-refractivity contribution in [1.82, 2.24) is 24.5 Å². The number of aryl methyl sites for hydroxylation is 1. The summed E-state index contributed by atoms with van der Waals surface area (Å²) in [7, 11) is 1.59. The van der Waals surface area contributed by atoms with Gasteiger partial charge in [-0.1, -0.05) is 28.9 Å². The van der Waals surface area contributed by atoms with Crippen LogP contribution in [0.4, 0.5) is 5.69 Å². The molecule has 4 aromatic rings. The molecule has 1 aliphatic rings. The van der Waals surface area contributed by atoms with Crippen LogP contribution in [-0.2, 0) is 22.6 Å². The van der Waals surface area contributed by atoms with Crippen LogP contribution in [0, 0.1) is 6.92 Å². The largest absolute Gasteiger partial charge is 0.494 e. The number of amides is 1. The van der Waals surface area contributed by atoms with E-state index in [0.717, 1.165) is 22.6 Å². The first-order valence-corrected chi connectivity index (χ1v) is 11.1. The average molecular weight is 479 g/mol. The van der Waals surface area contributed by atoms with Crippen LogP contribution in [0.2, 0.25) is 5.02 Å². The number of nitrogens with one attached hydrogen (secondary N) is 1. The quantitative estimate of drug-likeness (QED) is 0.453. The molecule has 0 radical (unpaired) electrons. The van der Waals surface area contributed by atoms with Crippen LogP contribution < -0.4 is 10.1 Å². The fourth-order valence-electron chi connectivity index (χ4n) is 4.02. The molecule has 174 valence electrons. The summed E-state index contributed by atoms with van der Waals surface area (Å²) in [5, 5.41) is 12.2. The maximum atomic E-state index is 12.8. The van der Waals surface area contributed by atoms with E-state index < -0.39 is 0 Å². The van der Waals surface area contributed by atoms with Crippen molar-refractivity contribution in [2.45, 2.75) is 26.0 Å². The van der Waals surface area contributed by atoms with Gasteiger partial charge in [-0.2, -0.15) is 0 Å². The smallest absolute Gasteiger partial charge is 0.230 e. The summed E-state index contributed by atoms with van der Waals surface area (Å²) in [6.07, 6.45) is 3.71. The monoisotopic (exact) mass is 478 g/mol. The fraction of sp³-hybridized carbons (Fsp3) is 0.250. The zero-order chi connectivity index (χ0) is 23.7. The van der Waals surface area contributed by atoms with Gasteiger partial charge in [-0.25, -0.2) is 9.67 Å². The lowest BCUT2D eigenvalue weighted by atomic mass is 10.1. The number of aromatic nitrogens is 5. The summed E-state index contributed by atoms with van der Waals surface area (Å²) in [5.41, 5.74) is 4.77. The summed E-state index contributed by atoms with van der Waals surface area (Å²) in [6, 6.07) is 12.9. The highest BCUT2D eigenvalue weighted by atomic mass is 35.5. The van der Waals surface area contributed by atoms with Crippen molar-refractivity contribution in [3.63, 3.8) is 0 Å². The third-order valence-electron chi connectivity index (χ3n) is 5.72. The van der Waals surface area contributed by atoms with Gasteiger partial charge in [0.15, 0.2) is 0 Å². The Hall–Kier alpha value is -3.69. The van der Waals surface area contributed by atoms with Gasteiger partial charge in [-0.05, 0) is 36.8 Å². The molecule has 0 bridgehead atoms. The van der Waals surface area contributed by atoms with Crippen LogP contribution in [0.15, 0.2) is 55.0 Å². The molecule has 9 nitrogen and oxygen atoms in total. The van der Waals surface area contributed by atoms with E-state index in [4.69, 9.17) is 21.1 Å². The van der Waals surface area contributed by atoms with E-state index in [0.29, 0.717) is 35.4 Å². The van der Waals surface area contributed by atoms with E-state index in [2.05, 4.69) is 20.6 Å². The molecule has 0 saturated heterocycles. The van der Waals surface area contributed by atoms with Gasteiger partial charge >= 0.3 is 0 Å². The van der Waals surface area contributed by atoms with Gasteiger partial charge in [-0.15, -0.1) is 5.10 Å². The molecule has 1 aliphatic heterocycles. The molecule has 0 saturated carbocycles. The van der Waals surface area contributed by atoms with E-state index in [9.17, 15) is 4.79 Å². The number of hydrogen-bond donors (Lipinski definition) is 1. The third-order valence-corrected chi connectivity index (χ3v) is 5.97. The van der Waals surface area contributed by atoms with Crippen molar-refractivity contribution < 1.29 is 14.3 Å². The second kappa shape index (κ2) is 9.28. The Morgan fingerprint density at radius 3 is 2.82 bits per heavy atom. The number of carbonyl (C=O) groups excluding carboxylic acids is 1. The first kappa shape index (κ1) is 22.1. The Kier molecular flexibility index (Phi) is 6.04. The molecule has 1 amide bonds. The summed E-state index contributed by atoms with van der Waals surface area (Å²) in [4.78, 5) is 17.1. The molecular weight excluding hydrogens is 456 g/mol. The Bertz CT molecular complexity index is 1330. The van der Waals surface area contributed by atoms with Crippen LogP contribution in [0.3, 0.4) is 0 Å². The number of imidazole rings is 1. The zero-order valence-corrected chi connectivity index (χ0v) is 19.5. The molecule has 5 rings (SSSR count). The molecule has 2 aromatic carbocycles. The second-order valence-corrected chi connectivity index (χ2v) is 8.48. The molecule has 1 atom stereocenters. The van der Waals surface area contributed by atoms with E-state index in [1.807, 2.05) is 58.8 Å². The summed E-state index contributed by atoms with van der Waals surface area (Å²) in [5.74, 6) is 0.417. The first-order chi connectivity index (χ1) is 16.5. The van der Waals surface area contributed by atoms with Gasteiger partial charge in [0.25, 0.3) is 0 Å². The Morgan fingerprint density at radius 2 is 2.09 bits per heavy atom. The topological polar surface area (TPSA) is 96.1 Å². The van der Waals surface area contributed by atoms with Crippen LogP contribution >= 0.6 is 11.6 Å². The van der Waals surface area contributed by atoms with Crippen molar-refractivity contribution in [3.8, 4) is 11.4 Å². The minimum atomic E-state index is -0.204. The number of benzene rings is 2. The lowest BCUT2D eigenvalue weighted by Crippen LogP contribution is -2.26. The highest BCUT2D eigenvalue weighted by Gasteiger charge is 2.27. The molecule has 1 N–H and O–H groups in total. The van der Waals surface area contributed by atoms with Crippen molar-refractivity contribution >= 4 is 23.2 Å². The van der Waals surface area contributed by atoms with Crippen LogP contribution in [0.5, 0.6) is 5.75 Å². The lowest BCUT2D eigenvalue weighted by Gasteiger charge is -2.24. The SMILES string of the molecule is COc1cc(NC(=O)Cc2nnn3c2COCC3c2ccc(Cl)cc2)ccc1-n1cnc(C)c1. The molecule has 3 heterocycles. The van der Waals surface area contributed by atoms with E-state index >= 15 is 0 Å². The molecule has 0 aliphatic carbocycles. The van der Waals surface area contributed by atoms with Gasteiger partial charge in [0.05, 0.1) is 55.8 Å². The molecule has 2 aromatic heterocycles. The summed E-state index contributed by atoms with van der Waals surface area (Å²) >= 11 is 6.02. The maximum Gasteiger partial charge on any atom is 0.230 e. The lowest BCUT2D eigenvalue weighted by molar-refractivity contribution is -0.115. The molecule has 0 fully saturated rings. The number of anilines is 1. The number of nitrogens with zero attached hydrogens (tertiary/aromatic N) is 5. The van der Waals surface area contributed by atoms with Gasteiger partial charge in [0.1, 0.15) is 11.8 Å². The fourth-order valence-corrected chi connectivity index (χ4v) is 4.15. The van der Waals surface area contributed by atoms with Crippen LogP contribution in [0.1, 0.15) is 28.7 Å². The maximum absolute atomic E-state index is 12.8. The van der Waals surface area contributed by atoms with Crippen molar-refractivity contribution in [2.24, 2.45) is 0 Å². The second-order valence-electron chi connectivity index (χ2n) is 8.04. The minimum absolute atomic E-state index is 0.0802. The van der Waals surface area contributed by atoms with Crippen molar-refractivity contribution in [2.75, 3.05) is 19.0 Å². The molecule has 34 heavy (non-hydrogen) atoms. The standard InChI is InChI=1S/C24H23ClN6O3/c1-15-11-30(14-26-15)20-8-7-18(9-23(20)33-2)27-24(32)10-19-22-13-34-12-21(31(22)29-28-19)16-3-5-17(25)6-4-16/h3-9,11,14,21H,10,12-13H2,1-2H3,(H,27,32). The first-order valence-electron chi connectivity index (χ1n) is 10.8. The highest BCUT2D eigenvalue weighted by molar-refractivity contribution is 6.30. The Morgan fingerprint density at radius 1 is 1.26 bits per heavy atom. The number of halogens is 1. The minimum Gasteiger partial charge on any atom is -0.494 e. The van der Waals surface area contributed by atoms with Gasteiger partial charge in [0, 0.05) is 23.0 Å². The van der Waals surface area contributed by atoms with Gasteiger partial charge in [-0.3, -0.25) is 4.79 Å². The van der Waals surface area contributed by atoms with Crippen LogP contribution in [0.25, 0.3) is 5.69 Å². The van der Waals surface area contributed by atoms with E-state index in [1.54, 1.807) is 19.5 Å². The van der Waals surface area contributed by atoms with E-state index in [1.165, 1.54) is 0 Å². The Balaban J connectivity index is 1.31. The number of fused-ring (bicyclic) bond motifs is 1. The normalized spacial score (nSPS) is 15.1.